The van der Waals surface area contributed by atoms with E-state index in [9.17, 15) is 4.79 Å². The lowest BCUT2D eigenvalue weighted by Gasteiger charge is -2.41. The first kappa shape index (κ1) is 56.2. The Labute approximate surface area is 397 Å². The number of nitrogens with zero attached hydrogens (tertiary/aromatic N) is 2. The van der Waals surface area contributed by atoms with Crippen LogP contribution in [0.5, 0.6) is 11.5 Å². The van der Waals surface area contributed by atoms with Gasteiger partial charge >= 0.3 is 15.2 Å². The van der Waals surface area contributed by atoms with Crippen LogP contribution in [0.2, 0.25) is 0 Å². The second-order valence-corrected chi connectivity index (χ2v) is 26.5. The molecule has 2 aliphatic heterocycles. The lowest BCUT2D eigenvalue weighted by atomic mass is 10.0. The number of rotatable bonds is 22. The highest BCUT2D eigenvalue weighted by molar-refractivity contribution is 7.54. The van der Waals surface area contributed by atoms with Gasteiger partial charge in [0.1, 0.15) is 24.1 Å². The predicted octanol–water partition coefficient (Wildman–Crippen LogP) is 12.3. The number of nitrogens with one attached hydrogen (secondary N) is 1. The van der Waals surface area contributed by atoms with Gasteiger partial charge < -0.3 is 42.4 Å². The molecule has 376 valence electrons. The van der Waals surface area contributed by atoms with Gasteiger partial charge in [0.05, 0.1) is 35.6 Å². The van der Waals surface area contributed by atoms with Crippen molar-refractivity contribution in [1.29, 1.82) is 0 Å². The van der Waals surface area contributed by atoms with Gasteiger partial charge in [-0.3, -0.25) is 23.7 Å². The summed E-state index contributed by atoms with van der Waals surface area (Å²) in [5.41, 5.74) is 0.359. The van der Waals surface area contributed by atoms with Crippen LogP contribution in [0.1, 0.15) is 172 Å². The van der Waals surface area contributed by atoms with Gasteiger partial charge in [0, 0.05) is 88.6 Å². The number of carbonyl (C=O) groups is 1. The predicted molar refractivity (Wildman–Crippen MR) is 262 cm³/mol. The van der Waals surface area contributed by atoms with E-state index in [4.69, 9.17) is 37.0 Å². The molecule has 2 heterocycles. The van der Waals surface area contributed by atoms with Gasteiger partial charge in [-0.2, -0.15) is 0 Å². The molecule has 2 aromatic rings. The first-order chi connectivity index (χ1) is 30.2. The lowest BCUT2D eigenvalue weighted by Crippen LogP contribution is -2.46. The summed E-state index contributed by atoms with van der Waals surface area (Å²) in [6.45, 7) is 34.3. The van der Waals surface area contributed by atoms with E-state index in [0.717, 1.165) is 40.2 Å². The van der Waals surface area contributed by atoms with Crippen molar-refractivity contribution in [3.63, 3.8) is 0 Å². The van der Waals surface area contributed by atoms with Crippen molar-refractivity contribution in [2.24, 2.45) is 0 Å². The summed E-state index contributed by atoms with van der Waals surface area (Å²) in [5.74, 6) is -0.270. The van der Waals surface area contributed by atoms with Gasteiger partial charge in [-0.05, 0) is 102 Å². The van der Waals surface area contributed by atoms with Gasteiger partial charge in [-0.15, -0.1) is 0 Å². The fourth-order valence-electron chi connectivity index (χ4n) is 8.02. The zero-order valence-corrected chi connectivity index (χ0v) is 45.3. The van der Waals surface area contributed by atoms with Crippen LogP contribution in [0.4, 0.5) is 0 Å². The number of fused-ring (bicyclic) bond motifs is 2. The van der Waals surface area contributed by atoms with E-state index in [-0.39, 0.29) is 24.5 Å². The molecule has 1 unspecified atom stereocenters. The third-order valence-electron chi connectivity index (χ3n) is 10.1. The molecular weight excluding hydrogens is 881 g/mol. The molecule has 14 nitrogen and oxygen atoms in total. The molecule has 0 radical (unpaired) electrons. The summed E-state index contributed by atoms with van der Waals surface area (Å²) in [7, 11) is -7.81. The third-order valence-corrected chi connectivity index (χ3v) is 14.9. The smallest absolute Gasteiger partial charge is 0.345 e. The number of amides is 1. The van der Waals surface area contributed by atoms with Crippen LogP contribution in [0.3, 0.4) is 0 Å². The number of ether oxygens (including phenoxy) is 4. The summed E-state index contributed by atoms with van der Waals surface area (Å²) in [4.78, 5) is 16.8. The summed E-state index contributed by atoms with van der Waals surface area (Å²) >= 11 is 0. The SMILES string of the molecule is CCCC(=O)NCCCCC(CN(Cc1cccc2c1OC(C)(C)OC2)CP(=O)(OC(C)(C)C)OC(C)(C)C)N(Cc1cccc2c1OC(C)(C)OC2)CP(=O)(OC(C)(C)C)OC(C)(C)C. The van der Waals surface area contributed by atoms with Crippen LogP contribution in [-0.2, 0) is 67.8 Å². The number of hydrogen-bond donors (Lipinski definition) is 1. The van der Waals surface area contributed by atoms with Crippen LogP contribution in [-0.4, -0.2) is 81.4 Å². The molecule has 0 aromatic heterocycles. The van der Waals surface area contributed by atoms with E-state index in [2.05, 4.69) is 15.1 Å². The van der Waals surface area contributed by atoms with Gasteiger partial charge in [0.15, 0.2) is 0 Å². The van der Waals surface area contributed by atoms with Crippen LogP contribution < -0.4 is 14.8 Å². The maximum Gasteiger partial charge on any atom is 0.345 e. The largest absolute Gasteiger partial charge is 0.462 e. The summed E-state index contributed by atoms with van der Waals surface area (Å²) < 4.78 is 81.9. The lowest BCUT2D eigenvalue weighted by molar-refractivity contribution is -0.181. The first-order valence-electron chi connectivity index (χ1n) is 23.8. The van der Waals surface area contributed by atoms with Crippen LogP contribution in [0.25, 0.3) is 0 Å². The van der Waals surface area contributed by atoms with Gasteiger partial charge in [0.25, 0.3) is 0 Å². The Bertz CT molecular complexity index is 1970. The number of carbonyl (C=O) groups excluding carboxylic acids is 1. The number of unbranched alkanes of at least 4 members (excludes halogenated alkanes) is 1. The van der Waals surface area contributed by atoms with Gasteiger partial charge in [0.2, 0.25) is 17.5 Å². The molecule has 2 aromatic carbocycles. The van der Waals surface area contributed by atoms with Gasteiger partial charge in [-0.1, -0.05) is 49.7 Å². The fourth-order valence-corrected chi connectivity index (χ4v) is 13.1. The molecular formula is C50H85N3O11P2. The van der Waals surface area contributed by atoms with E-state index in [0.29, 0.717) is 65.1 Å². The highest BCUT2D eigenvalue weighted by Gasteiger charge is 2.42. The summed E-state index contributed by atoms with van der Waals surface area (Å²) in [5, 5.41) is 3.07. The maximum absolute atomic E-state index is 15.5. The topological polar surface area (TPSA) is 144 Å². The summed E-state index contributed by atoms with van der Waals surface area (Å²) in [6.07, 6.45) is 3.12. The average Bonchev–Trinajstić information content (AvgIpc) is 3.10. The Morgan fingerprint density at radius 2 is 1.12 bits per heavy atom. The Kier molecular flexibility index (Phi) is 18.9. The van der Waals surface area contributed by atoms with Crippen molar-refractivity contribution in [2.75, 3.05) is 25.7 Å². The minimum Gasteiger partial charge on any atom is -0.462 e. The number of para-hydroxylation sites is 2. The number of hydrogen-bond acceptors (Lipinski definition) is 13. The fraction of sp³-hybridized carbons (Fsp3) is 0.740. The molecule has 0 spiro atoms. The van der Waals surface area contributed by atoms with Crippen molar-refractivity contribution in [3.8, 4) is 11.5 Å². The quantitative estimate of drug-likeness (QED) is 0.0884. The zero-order chi connectivity index (χ0) is 49.6. The minimum absolute atomic E-state index is 0.0256. The molecule has 0 bridgehead atoms. The van der Waals surface area contributed by atoms with E-state index >= 15 is 9.13 Å². The normalized spacial score (nSPS) is 17.2. The Morgan fingerprint density at radius 3 is 1.56 bits per heavy atom. The molecule has 4 rings (SSSR count). The third kappa shape index (κ3) is 19.2. The average molecular weight is 966 g/mol. The van der Waals surface area contributed by atoms with Crippen LogP contribution in [0, 0.1) is 0 Å². The highest BCUT2D eigenvalue weighted by Crippen LogP contribution is 2.57. The van der Waals surface area contributed by atoms with Crippen molar-refractivity contribution in [3.05, 3.63) is 58.7 Å². The van der Waals surface area contributed by atoms with E-state index in [1.165, 1.54) is 0 Å². The Morgan fingerprint density at radius 1 is 0.682 bits per heavy atom. The second-order valence-electron chi connectivity index (χ2n) is 22.7. The van der Waals surface area contributed by atoms with E-state index in [1.807, 2.05) is 154 Å². The molecule has 0 saturated heterocycles. The second kappa shape index (κ2) is 22.2. The minimum atomic E-state index is -3.92. The Balaban J connectivity index is 1.94. The van der Waals surface area contributed by atoms with Crippen molar-refractivity contribution in [2.45, 2.75) is 216 Å². The van der Waals surface area contributed by atoms with E-state index in [1.54, 1.807) is 0 Å². The molecule has 0 fully saturated rings. The molecule has 16 heteroatoms. The number of benzene rings is 2. The molecule has 0 aliphatic carbocycles. The monoisotopic (exact) mass is 966 g/mol. The van der Waals surface area contributed by atoms with Crippen LogP contribution in [0.15, 0.2) is 36.4 Å². The first-order valence-corrected chi connectivity index (χ1v) is 27.2. The van der Waals surface area contributed by atoms with Gasteiger partial charge in [-0.25, -0.2) is 0 Å². The zero-order valence-electron chi connectivity index (χ0n) is 43.5. The van der Waals surface area contributed by atoms with Crippen molar-refractivity contribution >= 4 is 21.1 Å². The standard InChI is InChI=1S/C50H85N3O11P2/c1-18-23-42(54)51-29-20-19-28-41(53(36-66(56,63-47(8,9)10)64-48(11,12)13)31-38-25-22-27-40-34-58-50(16,17)60-44(38)40)32-52(35-65(55,61-45(2,3)4)62-46(5,6)7)30-37-24-21-26-39-33-57-49(14,15)59-43(37)39/h21-22,24-27,41H,18-20,23,28-36H2,1-17H3,(H,51,54). The molecule has 2 aliphatic rings. The van der Waals surface area contributed by atoms with E-state index < -0.39 is 49.2 Å². The Hall–Kier alpha value is -2.35. The molecule has 0 saturated carbocycles. The highest BCUT2D eigenvalue weighted by atomic mass is 31.2. The summed E-state index contributed by atoms with van der Waals surface area (Å²) in [6, 6.07) is 11.7. The maximum atomic E-state index is 15.5. The van der Waals surface area contributed by atoms with Crippen molar-refractivity contribution < 1.29 is 51.0 Å². The molecule has 1 amide bonds. The molecule has 1 N–H and O–H groups in total. The van der Waals surface area contributed by atoms with Crippen LogP contribution >= 0.6 is 15.2 Å². The molecule has 1 atom stereocenters. The van der Waals surface area contributed by atoms with Crippen molar-refractivity contribution in [1.82, 2.24) is 15.1 Å². The molecule has 66 heavy (non-hydrogen) atoms.